The van der Waals surface area contributed by atoms with E-state index >= 15 is 0 Å². The molecule has 2 amide bonds. The lowest BCUT2D eigenvalue weighted by Gasteiger charge is -2.20. The molecule has 7 nitrogen and oxygen atoms in total. The Labute approximate surface area is 191 Å². The highest BCUT2D eigenvalue weighted by Gasteiger charge is 2.22. The summed E-state index contributed by atoms with van der Waals surface area (Å²) in [5, 5.41) is 5.71. The first kappa shape index (κ1) is 23.4. The minimum absolute atomic E-state index is 0.00469. The van der Waals surface area contributed by atoms with E-state index in [4.69, 9.17) is 23.2 Å². The highest BCUT2D eigenvalue weighted by molar-refractivity contribution is 7.92. The van der Waals surface area contributed by atoms with Crippen molar-refractivity contribution in [1.29, 1.82) is 0 Å². The zero-order valence-electron chi connectivity index (χ0n) is 16.7. The van der Waals surface area contributed by atoms with E-state index in [-0.39, 0.29) is 34.0 Å². The summed E-state index contributed by atoms with van der Waals surface area (Å²) in [4.78, 5) is 24.2. The molecule has 0 unspecified atom stereocenters. The Balaban J connectivity index is 1.63. The zero-order chi connectivity index (χ0) is 22.4. The van der Waals surface area contributed by atoms with Crippen LogP contribution in [0.1, 0.15) is 32.1 Å². The third kappa shape index (κ3) is 6.59. The first-order valence-electron chi connectivity index (χ1n) is 9.90. The Bertz CT molecular complexity index is 1050. The van der Waals surface area contributed by atoms with Crippen molar-refractivity contribution in [2.75, 3.05) is 16.6 Å². The van der Waals surface area contributed by atoms with Gasteiger partial charge in [-0.2, -0.15) is 0 Å². The molecule has 166 valence electrons. The van der Waals surface area contributed by atoms with Gasteiger partial charge in [-0.1, -0.05) is 42.5 Å². The van der Waals surface area contributed by atoms with Crippen LogP contribution in [0.4, 0.5) is 11.4 Å². The summed E-state index contributed by atoms with van der Waals surface area (Å²) >= 11 is 11.9. The van der Waals surface area contributed by atoms with Crippen molar-refractivity contribution in [2.24, 2.45) is 5.92 Å². The summed E-state index contributed by atoms with van der Waals surface area (Å²) in [5.41, 5.74) is 0.568. The van der Waals surface area contributed by atoms with Crippen LogP contribution < -0.4 is 15.4 Å². The van der Waals surface area contributed by atoms with Crippen LogP contribution in [0.25, 0.3) is 0 Å². The molecular weight excluding hydrogens is 461 g/mol. The van der Waals surface area contributed by atoms with Crippen LogP contribution in [-0.2, 0) is 19.6 Å². The average Bonchev–Trinajstić information content (AvgIpc) is 2.75. The predicted octanol–water partition coefficient (Wildman–Crippen LogP) is 4.43. The van der Waals surface area contributed by atoms with Crippen molar-refractivity contribution in [2.45, 2.75) is 37.0 Å². The van der Waals surface area contributed by atoms with Crippen LogP contribution in [-0.4, -0.2) is 26.8 Å². The number of rotatable bonds is 7. The standard InChI is InChI=1S/C21H23Cl2N3O4S/c22-15-6-8-16(9-7-15)26-31(29,30)19-12-17(10-11-18(19)23)25-20(27)13-24-21(28)14-4-2-1-3-5-14/h6-12,14,26H,1-5,13H2,(H,24,28)(H,25,27). The number of carbonyl (C=O) groups is 2. The molecule has 1 saturated carbocycles. The van der Waals surface area contributed by atoms with Crippen LogP contribution >= 0.6 is 23.2 Å². The van der Waals surface area contributed by atoms with Gasteiger partial charge in [0.1, 0.15) is 4.90 Å². The number of halogens is 2. The number of amides is 2. The molecule has 1 fully saturated rings. The molecule has 0 bridgehead atoms. The average molecular weight is 484 g/mol. The third-order valence-electron chi connectivity index (χ3n) is 5.00. The molecule has 3 rings (SSSR count). The van der Waals surface area contributed by atoms with Gasteiger partial charge in [0.05, 0.1) is 11.6 Å². The molecule has 0 radical (unpaired) electrons. The first-order chi connectivity index (χ1) is 14.7. The predicted molar refractivity (Wildman–Crippen MR) is 122 cm³/mol. The summed E-state index contributed by atoms with van der Waals surface area (Å²) < 4.78 is 27.9. The van der Waals surface area contributed by atoms with Crippen molar-refractivity contribution < 1.29 is 18.0 Å². The van der Waals surface area contributed by atoms with Gasteiger partial charge >= 0.3 is 0 Å². The number of nitrogens with one attached hydrogen (secondary N) is 3. The van der Waals surface area contributed by atoms with Crippen LogP contribution in [0.5, 0.6) is 0 Å². The van der Waals surface area contributed by atoms with E-state index in [1.54, 1.807) is 12.1 Å². The number of benzene rings is 2. The van der Waals surface area contributed by atoms with Gasteiger partial charge in [0.2, 0.25) is 11.8 Å². The van der Waals surface area contributed by atoms with E-state index in [0.717, 1.165) is 32.1 Å². The lowest BCUT2D eigenvalue weighted by Crippen LogP contribution is -2.37. The van der Waals surface area contributed by atoms with Crippen LogP contribution in [0.2, 0.25) is 10.0 Å². The molecule has 1 aliphatic rings. The summed E-state index contributed by atoms with van der Waals surface area (Å²) in [6, 6.07) is 10.3. The lowest BCUT2D eigenvalue weighted by molar-refractivity contribution is -0.128. The number of carbonyl (C=O) groups excluding carboxylic acids is 2. The maximum atomic E-state index is 12.7. The van der Waals surface area contributed by atoms with Gasteiger partial charge in [-0.15, -0.1) is 0 Å². The van der Waals surface area contributed by atoms with Crippen LogP contribution in [0.3, 0.4) is 0 Å². The highest BCUT2D eigenvalue weighted by Crippen LogP contribution is 2.27. The summed E-state index contributed by atoms with van der Waals surface area (Å²) in [6.07, 6.45) is 4.87. The molecule has 2 aromatic rings. The fourth-order valence-corrected chi connectivity index (χ4v) is 5.11. The van der Waals surface area contributed by atoms with Crippen LogP contribution in [0, 0.1) is 5.92 Å². The van der Waals surface area contributed by atoms with E-state index < -0.39 is 15.9 Å². The van der Waals surface area contributed by atoms with Gasteiger partial charge in [0, 0.05) is 22.3 Å². The van der Waals surface area contributed by atoms with Crippen LogP contribution in [0.15, 0.2) is 47.4 Å². The molecule has 31 heavy (non-hydrogen) atoms. The van der Waals surface area contributed by atoms with Gasteiger partial charge in [-0.25, -0.2) is 8.42 Å². The monoisotopic (exact) mass is 483 g/mol. The normalized spacial score (nSPS) is 14.6. The quantitative estimate of drug-likeness (QED) is 0.541. The van der Waals surface area contributed by atoms with Crippen molar-refractivity contribution in [3.05, 3.63) is 52.5 Å². The second-order valence-electron chi connectivity index (χ2n) is 7.36. The maximum Gasteiger partial charge on any atom is 0.263 e. The van der Waals surface area contributed by atoms with Crippen molar-refractivity contribution in [1.82, 2.24) is 5.32 Å². The molecule has 0 atom stereocenters. The molecule has 0 heterocycles. The SMILES string of the molecule is O=C(CNC(=O)C1CCCCC1)Nc1ccc(Cl)c(S(=O)(=O)Nc2ccc(Cl)cc2)c1. The molecule has 1 aliphatic carbocycles. The van der Waals surface area contributed by atoms with Gasteiger partial charge in [0.25, 0.3) is 10.0 Å². The number of sulfonamides is 1. The Kier molecular flexibility index (Phi) is 7.80. The van der Waals surface area contributed by atoms with E-state index in [1.807, 2.05) is 0 Å². The van der Waals surface area contributed by atoms with E-state index in [2.05, 4.69) is 15.4 Å². The topological polar surface area (TPSA) is 104 Å². The molecule has 0 aliphatic heterocycles. The largest absolute Gasteiger partial charge is 0.347 e. The molecule has 0 saturated heterocycles. The Morgan fingerprint density at radius 2 is 1.58 bits per heavy atom. The Morgan fingerprint density at radius 1 is 0.935 bits per heavy atom. The second-order valence-corrected chi connectivity index (χ2v) is 9.85. The fourth-order valence-electron chi connectivity index (χ4n) is 3.40. The number of hydrogen-bond donors (Lipinski definition) is 3. The molecule has 3 N–H and O–H groups in total. The lowest BCUT2D eigenvalue weighted by atomic mass is 9.89. The van der Waals surface area contributed by atoms with Gasteiger partial charge in [-0.05, 0) is 55.3 Å². The molecule has 2 aromatic carbocycles. The minimum atomic E-state index is -4.00. The van der Waals surface area contributed by atoms with Crippen molar-refractivity contribution >= 4 is 56.4 Å². The minimum Gasteiger partial charge on any atom is -0.347 e. The second kappa shape index (κ2) is 10.3. The van der Waals surface area contributed by atoms with Gasteiger partial charge < -0.3 is 10.6 Å². The summed E-state index contributed by atoms with van der Waals surface area (Å²) in [7, 11) is -4.00. The van der Waals surface area contributed by atoms with Crippen molar-refractivity contribution in [3.63, 3.8) is 0 Å². The highest BCUT2D eigenvalue weighted by atomic mass is 35.5. The smallest absolute Gasteiger partial charge is 0.263 e. The summed E-state index contributed by atoms with van der Waals surface area (Å²) in [5.74, 6) is -0.630. The summed E-state index contributed by atoms with van der Waals surface area (Å²) in [6.45, 7) is -0.191. The molecular formula is C21H23Cl2N3O4S. The number of anilines is 2. The fraction of sp³-hybridized carbons (Fsp3) is 0.333. The third-order valence-corrected chi connectivity index (χ3v) is 7.11. The van der Waals surface area contributed by atoms with Gasteiger partial charge in [0.15, 0.2) is 0 Å². The van der Waals surface area contributed by atoms with E-state index in [0.29, 0.717) is 10.7 Å². The van der Waals surface area contributed by atoms with E-state index in [9.17, 15) is 18.0 Å². The van der Waals surface area contributed by atoms with E-state index in [1.165, 1.54) is 30.3 Å². The van der Waals surface area contributed by atoms with Crippen molar-refractivity contribution in [3.8, 4) is 0 Å². The Hall–Kier alpha value is -2.29. The maximum absolute atomic E-state index is 12.7. The Morgan fingerprint density at radius 3 is 2.26 bits per heavy atom. The molecule has 0 spiro atoms. The molecule has 0 aromatic heterocycles. The molecule has 10 heteroatoms. The first-order valence-corrected chi connectivity index (χ1v) is 12.1. The number of hydrogen-bond acceptors (Lipinski definition) is 4. The van der Waals surface area contributed by atoms with Gasteiger partial charge in [-0.3, -0.25) is 14.3 Å². The zero-order valence-corrected chi connectivity index (χ0v) is 19.0.